The lowest BCUT2D eigenvalue weighted by atomic mass is 10.1. The van der Waals surface area contributed by atoms with Crippen molar-refractivity contribution in [2.45, 2.75) is 32.9 Å². The summed E-state index contributed by atoms with van der Waals surface area (Å²) in [7, 11) is 6.13. The van der Waals surface area contributed by atoms with Crippen molar-refractivity contribution in [1.29, 1.82) is 0 Å². The molecule has 0 aromatic carbocycles. The van der Waals surface area contributed by atoms with Crippen LogP contribution in [0.2, 0.25) is 0 Å². The van der Waals surface area contributed by atoms with E-state index in [-0.39, 0.29) is 0 Å². The first-order valence-corrected chi connectivity index (χ1v) is 7.33. The molecule has 0 atom stereocenters. The van der Waals surface area contributed by atoms with E-state index in [1.165, 1.54) is 16.8 Å². The number of nitrogens with one attached hydrogen (secondary N) is 1. The van der Waals surface area contributed by atoms with Crippen molar-refractivity contribution in [2.75, 3.05) is 19.0 Å². The fourth-order valence-electron chi connectivity index (χ4n) is 2.61. The molecule has 2 rings (SSSR count). The predicted octanol–water partition coefficient (Wildman–Crippen LogP) is 2.29. The molecule has 0 saturated carbocycles. The van der Waals surface area contributed by atoms with Gasteiger partial charge in [0, 0.05) is 52.2 Å². The van der Waals surface area contributed by atoms with Crippen molar-refractivity contribution in [1.82, 2.24) is 20.1 Å². The van der Waals surface area contributed by atoms with Gasteiger partial charge in [-0.2, -0.15) is 5.10 Å². The number of nitrogens with zero attached hydrogens (tertiary/aromatic N) is 4. The summed E-state index contributed by atoms with van der Waals surface area (Å²) in [6.07, 6.45) is 3.69. The second kappa shape index (κ2) is 6.72. The van der Waals surface area contributed by atoms with Gasteiger partial charge in [-0.15, -0.1) is 0 Å². The van der Waals surface area contributed by atoms with Crippen molar-refractivity contribution < 1.29 is 0 Å². The van der Waals surface area contributed by atoms with Crippen LogP contribution in [0.15, 0.2) is 24.5 Å². The summed E-state index contributed by atoms with van der Waals surface area (Å²) in [4.78, 5) is 6.27. The van der Waals surface area contributed by atoms with Gasteiger partial charge in [-0.05, 0) is 17.5 Å². The maximum Gasteiger partial charge on any atom is 0.130 e. The van der Waals surface area contributed by atoms with Crippen molar-refractivity contribution in [3.8, 4) is 0 Å². The smallest absolute Gasteiger partial charge is 0.130 e. The Labute approximate surface area is 127 Å². The second-order valence-electron chi connectivity index (χ2n) is 5.82. The minimum absolute atomic E-state index is 0.417. The maximum absolute atomic E-state index is 4.68. The first-order chi connectivity index (χ1) is 10.0. The highest BCUT2D eigenvalue weighted by atomic mass is 15.4. The predicted molar refractivity (Wildman–Crippen MR) is 86.4 cm³/mol. The summed E-state index contributed by atoms with van der Waals surface area (Å²) in [6.45, 7) is 6.00. The molecule has 1 N–H and O–H groups in total. The summed E-state index contributed by atoms with van der Waals surface area (Å²) in [5, 5.41) is 8.18. The van der Waals surface area contributed by atoms with E-state index in [1.807, 2.05) is 24.0 Å². The average molecular weight is 287 g/mol. The third-order valence-electron chi connectivity index (χ3n) is 3.47. The monoisotopic (exact) mass is 287 g/mol. The Kier molecular flexibility index (Phi) is 4.96. The molecule has 0 amide bonds. The summed E-state index contributed by atoms with van der Waals surface area (Å²) in [5.41, 5.74) is 3.64. The van der Waals surface area contributed by atoms with Gasteiger partial charge >= 0.3 is 0 Å². The Morgan fingerprint density at radius 1 is 1.29 bits per heavy atom. The fourth-order valence-corrected chi connectivity index (χ4v) is 2.61. The number of hydrogen-bond donors (Lipinski definition) is 1. The summed E-state index contributed by atoms with van der Waals surface area (Å²) in [6, 6.07) is 4.05. The molecule has 0 aliphatic carbocycles. The van der Waals surface area contributed by atoms with E-state index in [2.05, 4.69) is 54.3 Å². The van der Waals surface area contributed by atoms with Gasteiger partial charge < -0.3 is 10.2 Å². The molecule has 0 aliphatic heterocycles. The summed E-state index contributed by atoms with van der Waals surface area (Å²) in [5.74, 6) is 1.58. The van der Waals surface area contributed by atoms with E-state index >= 15 is 0 Å². The lowest BCUT2D eigenvalue weighted by Gasteiger charge is -2.16. The van der Waals surface area contributed by atoms with E-state index in [4.69, 9.17) is 0 Å². The molecule has 5 nitrogen and oxygen atoms in total. The van der Waals surface area contributed by atoms with E-state index in [0.29, 0.717) is 5.92 Å². The SMILES string of the molecule is CC(C)c1nn(C)c(N(C)C)c1CNCc1cccnc1. The summed E-state index contributed by atoms with van der Waals surface area (Å²) >= 11 is 0. The Balaban J connectivity index is 2.14. The molecule has 114 valence electrons. The Morgan fingerprint density at radius 2 is 2.05 bits per heavy atom. The van der Waals surface area contributed by atoms with Gasteiger partial charge in [0.15, 0.2) is 0 Å². The molecular weight excluding hydrogens is 262 g/mol. The molecule has 0 spiro atoms. The third-order valence-corrected chi connectivity index (χ3v) is 3.47. The van der Waals surface area contributed by atoms with Gasteiger partial charge in [0.25, 0.3) is 0 Å². The second-order valence-corrected chi connectivity index (χ2v) is 5.82. The lowest BCUT2D eigenvalue weighted by Crippen LogP contribution is -2.19. The number of anilines is 1. The minimum Gasteiger partial charge on any atom is -0.363 e. The Morgan fingerprint density at radius 3 is 2.62 bits per heavy atom. The highest BCUT2D eigenvalue weighted by Gasteiger charge is 2.19. The van der Waals surface area contributed by atoms with E-state index in [0.717, 1.165) is 18.9 Å². The Hall–Kier alpha value is -1.88. The molecule has 2 heterocycles. The molecule has 0 fully saturated rings. The number of hydrogen-bond acceptors (Lipinski definition) is 4. The molecule has 0 bridgehead atoms. The fraction of sp³-hybridized carbons (Fsp3) is 0.500. The lowest BCUT2D eigenvalue weighted by molar-refractivity contribution is 0.676. The summed E-state index contributed by atoms with van der Waals surface area (Å²) < 4.78 is 1.97. The number of aryl methyl sites for hydroxylation is 1. The highest BCUT2D eigenvalue weighted by molar-refractivity contribution is 5.50. The highest BCUT2D eigenvalue weighted by Crippen LogP contribution is 2.27. The number of rotatable bonds is 6. The largest absolute Gasteiger partial charge is 0.363 e. The maximum atomic E-state index is 4.68. The molecule has 21 heavy (non-hydrogen) atoms. The zero-order chi connectivity index (χ0) is 15.4. The normalized spacial score (nSPS) is 11.1. The van der Waals surface area contributed by atoms with Crippen LogP contribution in [0.3, 0.4) is 0 Å². The van der Waals surface area contributed by atoms with Crippen LogP contribution >= 0.6 is 0 Å². The molecule has 0 aliphatic rings. The first kappa shape index (κ1) is 15.5. The molecule has 0 radical (unpaired) electrons. The van der Waals surface area contributed by atoms with Gasteiger partial charge in [-0.25, -0.2) is 0 Å². The Bertz CT molecular complexity index is 572. The van der Waals surface area contributed by atoms with Gasteiger partial charge in [0.05, 0.1) is 5.69 Å². The number of pyridine rings is 1. The first-order valence-electron chi connectivity index (χ1n) is 7.33. The molecule has 0 saturated heterocycles. The van der Waals surface area contributed by atoms with Gasteiger partial charge in [0.2, 0.25) is 0 Å². The van der Waals surface area contributed by atoms with Crippen LogP contribution in [0.4, 0.5) is 5.82 Å². The van der Waals surface area contributed by atoms with Crippen molar-refractivity contribution in [3.63, 3.8) is 0 Å². The molecule has 0 unspecified atom stereocenters. The van der Waals surface area contributed by atoms with Crippen LogP contribution in [0.1, 0.15) is 36.6 Å². The number of aromatic nitrogens is 3. The third kappa shape index (κ3) is 3.61. The van der Waals surface area contributed by atoms with Crippen LogP contribution in [0.5, 0.6) is 0 Å². The van der Waals surface area contributed by atoms with Crippen molar-refractivity contribution in [2.24, 2.45) is 7.05 Å². The van der Waals surface area contributed by atoms with Crippen LogP contribution in [-0.4, -0.2) is 28.9 Å². The molecule has 5 heteroatoms. The molecule has 2 aromatic rings. The van der Waals surface area contributed by atoms with Crippen LogP contribution in [0, 0.1) is 0 Å². The van der Waals surface area contributed by atoms with Crippen molar-refractivity contribution in [3.05, 3.63) is 41.3 Å². The van der Waals surface area contributed by atoms with Crippen LogP contribution in [0.25, 0.3) is 0 Å². The topological polar surface area (TPSA) is 46.0 Å². The van der Waals surface area contributed by atoms with E-state index < -0.39 is 0 Å². The zero-order valence-corrected chi connectivity index (χ0v) is 13.6. The quantitative estimate of drug-likeness (QED) is 0.885. The average Bonchev–Trinajstić information content (AvgIpc) is 2.77. The molecular formula is C16H25N5. The molecule has 2 aromatic heterocycles. The van der Waals surface area contributed by atoms with Gasteiger partial charge in [0.1, 0.15) is 5.82 Å². The van der Waals surface area contributed by atoms with Gasteiger partial charge in [-0.1, -0.05) is 19.9 Å². The minimum atomic E-state index is 0.417. The van der Waals surface area contributed by atoms with Gasteiger partial charge in [-0.3, -0.25) is 9.67 Å². The standard InChI is InChI=1S/C16H25N5/c1-12(2)15-14(16(20(3)4)21(5)19-15)11-18-10-13-7-6-8-17-9-13/h6-9,12,18H,10-11H2,1-5H3. The van der Waals surface area contributed by atoms with E-state index in [9.17, 15) is 0 Å². The van der Waals surface area contributed by atoms with E-state index in [1.54, 1.807) is 6.20 Å². The van der Waals surface area contributed by atoms with Crippen LogP contribution in [-0.2, 0) is 20.1 Å². The zero-order valence-electron chi connectivity index (χ0n) is 13.6. The van der Waals surface area contributed by atoms with Crippen LogP contribution < -0.4 is 10.2 Å². The van der Waals surface area contributed by atoms with Crippen molar-refractivity contribution >= 4 is 5.82 Å².